The van der Waals surface area contributed by atoms with Gasteiger partial charge in [-0.2, -0.15) is 0 Å². The van der Waals surface area contributed by atoms with Gasteiger partial charge in [0.1, 0.15) is 28.6 Å². The second kappa shape index (κ2) is 8.26. The summed E-state index contributed by atoms with van der Waals surface area (Å²) in [5, 5.41) is 2.21. The molecule has 0 saturated heterocycles. The smallest absolute Gasteiger partial charge is 0.269 e. The molecule has 0 aliphatic heterocycles. The van der Waals surface area contributed by atoms with Gasteiger partial charge in [-0.15, -0.1) is 0 Å². The monoisotopic (exact) mass is 474 g/mol. The van der Waals surface area contributed by atoms with Crippen molar-refractivity contribution < 1.29 is 8.42 Å². The molecule has 0 fully saturated rings. The number of halogens is 2. The molecule has 0 saturated carbocycles. The third kappa shape index (κ3) is 3.87. The van der Waals surface area contributed by atoms with E-state index in [0.717, 1.165) is 20.6 Å². The van der Waals surface area contributed by atoms with Gasteiger partial charge in [0, 0.05) is 12.4 Å². The maximum Gasteiger partial charge on any atom is 0.269 e. The minimum atomic E-state index is -3.69. The molecule has 31 heavy (non-hydrogen) atoms. The van der Waals surface area contributed by atoms with Crippen LogP contribution in [0.15, 0.2) is 60.3 Å². The molecule has 0 aliphatic rings. The second-order valence-corrected chi connectivity index (χ2v) is 9.18. The van der Waals surface area contributed by atoms with E-state index in [9.17, 15) is 8.42 Å². The standard InChI is InChI=1S/C13H10ClN3O2S.C7H6ClN3/c1-9-7-17(13-11(9)12(14)15-8-16-13)20(18,19)10-5-3-2-4-6-10;1-4-2-9-7-5(4)6(8)10-3-11-7/h2-8H,1H3;2-3H,1H3,(H,9,10,11). The van der Waals surface area contributed by atoms with Gasteiger partial charge in [0.25, 0.3) is 10.0 Å². The molecule has 5 aromatic rings. The van der Waals surface area contributed by atoms with Gasteiger partial charge >= 0.3 is 0 Å². The lowest BCUT2D eigenvalue weighted by Gasteiger charge is -2.06. The van der Waals surface area contributed by atoms with Crippen LogP contribution in [0, 0.1) is 13.8 Å². The lowest BCUT2D eigenvalue weighted by Crippen LogP contribution is -2.12. The number of hydrogen-bond donors (Lipinski definition) is 1. The Morgan fingerprint density at radius 3 is 2.19 bits per heavy atom. The van der Waals surface area contributed by atoms with Gasteiger partial charge in [-0.1, -0.05) is 41.4 Å². The molecule has 1 N–H and O–H groups in total. The highest BCUT2D eigenvalue weighted by molar-refractivity contribution is 7.90. The molecule has 158 valence electrons. The van der Waals surface area contributed by atoms with Crippen LogP contribution in [0.4, 0.5) is 0 Å². The van der Waals surface area contributed by atoms with Crippen LogP contribution in [-0.2, 0) is 10.0 Å². The molecular weight excluding hydrogens is 459 g/mol. The van der Waals surface area contributed by atoms with E-state index in [2.05, 4.69) is 24.9 Å². The SMILES string of the molecule is Cc1c[nH]c2ncnc(Cl)c12.Cc1cn(S(=O)(=O)c2ccccc2)c2ncnc(Cl)c12. The molecule has 0 amide bonds. The summed E-state index contributed by atoms with van der Waals surface area (Å²) in [7, 11) is -3.69. The zero-order valence-electron chi connectivity index (χ0n) is 16.4. The largest absolute Gasteiger partial charge is 0.346 e. The Kier molecular flexibility index (Phi) is 5.65. The molecular formula is C20H16Cl2N6O2S. The molecule has 4 heterocycles. The molecule has 1 aromatic carbocycles. The van der Waals surface area contributed by atoms with Gasteiger partial charge in [0.05, 0.1) is 15.7 Å². The van der Waals surface area contributed by atoms with Crippen LogP contribution in [0.3, 0.4) is 0 Å². The number of nitrogens with one attached hydrogen (secondary N) is 1. The van der Waals surface area contributed by atoms with Crippen molar-refractivity contribution in [2.24, 2.45) is 0 Å². The highest BCUT2D eigenvalue weighted by Gasteiger charge is 2.22. The summed E-state index contributed by atoms with van der Waals surface area (Å²) in [5.41, 5.74) is 2.87. The Morgan fingerprint density at radius 2 is 1.52 bits per heavy atom. The van der Waals surface area contributed by atoms with Crippen LogP contribution in [0.25, 0.3) is 22.1 Å². The van der Waals surface area contributed by atoms with Crippen LogP contribution in [0.2, 0.25) is 10.3 Å². The van der Waals surface area contributed by atoms with Gasteiger partial charge in [0.15, 0.2) is 5.65 Å². The first-order valence-corrected chi connectivity index (χ1v) is 11.2. The van der Waals surface area contributed by atoms with Gasteiger partial charge in [0.2, 0.25) is 0 Å². The van der Waals surface area contributed by atoms with Crippen molar-refractivity contribution in [2.75, 3.05) is 0 Å². The summed E-state index contributed by atoms with van der Waals surface area (Å²) in [6.45, 7) is 3.74. The Balaban J connectivity index is 0.000000177. The molecule has 0 spiro atoms. The Morgan fingerprint density at radius 1 is 0.871 bits per heavy atom. The van der Waals surface area contributed by atoms with E-state index < -0.39 is 10.0 Å². The molecule has 11 heteroatoms. The third-order valence-electron chi connectivity index (χ3n) is 4.62. The normalized spacial score (nSPS) is 11.5. The zero-order chi connectivity index (χ0) is 22.2. The maximum atomic E-state index is 12.6. The summed E-state index contributed by atoms with van der Waals surface area (Å²) in [6.07, 6.45) is 6.07. The van der Waals surface area contributed by atoms with Gasteiger partial charge in [-0.3, -0.25) is 0 Å². The Hall–Kier alpha value is -3.01. The average Bonchev–Trinajstić information content (AvgIpc) is 3.31. The summed E-state index contributed by atoms with van der Waals surface area (Å²) in [6, 6.07) is 8.19. The van der Waals surface area contributed by atoms with Crippen molar-refractivity contribution in [1.82, 2.24) is 28.9 Å². The molecule has 5 rings (SSSR count). The predicted molar refractivity (Wildman–Crippen MR) is 120 cm³/mol. The fraction of sp³-hybridized carbons (Fsp3) is 0.100. The van der Waals surface area contributed by atoms with Gasteiger partial charge in [-0.05, 0) is 37.1 Å². The lowest BCUT2D eigenvalue weighted by molar-refractivity contribution is 0.588. The molecule has 0 radical (unpaired) electrons. The summed E-state index contributed by atoms with van der Waals surface area (Å²) in [4.78, 5) is 19.0. The first kappa shape index (κ1) is 21.2. The molecule has 4 aromatic heterocycles. The quantitative estimate of drug-likeness (QED) is 0.376. The molecule has 0 bridgehead atoms. The maximum absolute atomic E-state index is 12.6. The number of fused-ring (bicyclic) bond motifs is 2. The van der Waals surface area contributed by atoms with Crippen molar-refractivity contribution in [3.63, 3.8) is 0 Å². The minimum absolute atomic E-state index is 0.201. The van der Waals surface area contributed by atoms with Crippen LogP contribution in [0.1, 0.15) is 11.1 Å². The number of rotatable bonds is 2. The summed E-state index contributed by atoms with van der Waals surface area (Å²) in [5.74, 6) is 0. The van der Waals surface area contributed by atoms with Crippen molar-refractivity contribution in [1.29, 1.82) is 0 Å². The first-order chi connectivity index (χ1) is 14.8. The topological polar surface area (TPSA) is 106 Å². The Bertz CT molecular complexity index is 1500. The first-order valence-electron chi connectivity index (χ1n) is 9.03. The van der Waals surface area contributed by atoms with Crippen LogP contribution in [-0.4, -0.2) is 37.3 Å². The zero-order valence-corrected chi connectivity index (χ0v) is 18.7. The van der Waals surface area contributed by atoms with E-state index >= 15 is 0 Å². The van der Waals surface area contributed by atoms with Crippen molar-refractivity contribution >= 4 is 55.3 Å². The highest BCUT2D eigenvalue weighted by Crippen LogP contribution is 2.27. The van der Waals surface area contributed by atoms with Crippen molar-refractivity contribution in [3.8, 4) is 0 Å². The van der Waals surface area contributed by atoms with E-state index in [4.69, 9.17) is 23.2 Å². The lowest BCUT2D eigenvalue weighted by atomic mass is 10.3. The summed E-state index contributed by atoms with van der Waals surface area (Å²) < 4.78 is 26.4. The number of nitrogens with zero attached hydrogens (tertiary/aromatic N) is 5. The average molecular weight is 475 g/mol. The van der Waals surface area contributed by atoms with Crippen molar-refractivity contribution in [2.45, 2.75) is 18.7 Å². The molecule has 0 aliphatic carbocycles. The second-order valence-electron chi connectivity index (χ2n) is 6.65. The molecule has 0 unspecified atom stereocenters. The van der Waals surface area contributed by atoms with Crippen LogP contribution >= 0.6 is 23.2 Å². The summed E-state index contributed by atoms with van der Waals surface area (Å²) >= 11 is 11.8. The predicted octanol–water partition coefficient (Wildman–Crippen LogP) is 4.55. The molecule has 8 nitrogen and oxygen atoms in total. The molecule has 0 atom stereocenters. The number of H-pyrrole nitrogens is 1. The number of aromatic amines is 1. The number of benzene rings is 1. The van der Waals surface area contributed by atoms with Crippen molar-refractivity contribution in [3.05, 3.63) is 76.8 Å². The van der Waals surface area contributed by atoms with E-state index in [1.807, 2.05) is 13.1 Å². The Labute approximate surface area is 188 Å². The minimum Gasteiger partial charge on any atom is -0.346 e. The van der Waals surface area contributed by atoms with E-state index in [-0.39, 0.29) is 15.7 Å². The fourth-order valence-corrected chi connectivity index (χ4v) is 5.07. The van der Waals surface area contributed by atoms with E-state index in [1.165, 1.54) is 18.9 Å². The van der Waals surface area contributed by atoms with Gasteiger partial charge in [-0.25, -0.2) is 32.3 Å². The number of aromatic nitrogens is 6. The third-order valence-corrected chi connectivity index (χ3v) is 6.85. The van der Waals surface area contributed by atoms with Crippen LogP contribution in [0.5, 0.6) is 0 Å². The number of aryl methyl sites for hydroxylation is 2. The highest BCUT2D eigenvalue weighted by atomic mass is 35.5. The van der Waals surface area contributed by atoms with E-state index in [1.54, 1.807) is 37.3 Å². The van der Waals surface area contributed by atoms with Crippen LogP contribution < -0.4 is 0 Å². The number of hydrogen-bond acceptors (Lipinski definition) is 6. The van der Waals surface area contributed by atoms with E-state index in [0.29, 0.717) is 16.1 Å². The fourth-order valence-electron chi connectivity index (χ4n) is 3.12. The van der Waals surface area contributed by atoms with Gasteiger partial charge < -0.3 is 4.98 Å².